The first-order valence-corrected chi connectivity index (χ1v) is 10.3. The van der Waals surface area contributed by atoms with Crippen LogP contribution in [0.15, 0.2) is 47.4 Å². The molecule has 0 unspecified atom stereocenters. The Morgan fingerprint density at radius 1 is 1.04 bits per heavy atom. The average molecular weight is 395 g/mol. The molecule has 0 amide bonds. The van der Waals surface area contributed by atoms with Crippen molar-refractivity contribution in [2.24, 2.45) is 0 Å². The number of nitrogens with zero attached hydrogens (tertiary/aromatic N) is 2. The minimum absolute atomic E-state index is 0.242. The summed E-state index contributed by atoms with van der Waals surface area (Å²) in [6.07, 6.45) is 0. The van der Waals surface area contributed by atoms with E-state index in [0.29, 0.717) is 31.9 Å². The van der Waals surface area contributed by atoms with Crippen LogP contribution in [0.3, 0.4) is 0 Å². The zero-order valence-electron chi connectivity index (χ0n) is 15.0. The zero-order chi connectivity index (χ0) is 18.7. The Hall–Kier alpha value is -1.60. The molecule has 1 aliphatic rings. The van der Waals surface area contributed by atoms with E-state index in [1.165, 1.54) is 12.7 Å². The van der Waals surface area contributed by atoms with Crippen molar-refractivity contribution in [3.8, 4) is 5.75 Å². The summed E-state index contributed by atoms with van der Waals surface area (Å²) in [5.74, 6) is 0.388. The van der Waals surface area contributed by atoms with Crippen LogP contribution in [0.1, 0.15) is 11.1 Å². The van der Waals surface area contributed by atoms with Gasteiger partial charge in [0.05, 0.1) is 7.11 Å². The molecule has 0 bridgehead atoms. The SMILES string of the molecule is COc1ccc(C)cc1S(=O)(=O)N1CCN(Cc2ccc(Cl)cc2)CC1. The quantitative estimate of drug-likeness (QED) is 0.781. The fraction of sp³-hybridized carbons (Fsp3) is 0.368. The number of benzene rings is 2. The number of methoxy groups -OCH3 is 1. The molecule has 0 aromatic heterocycles. The molecule has 7 heteroatoms. The van der Waals surface area contributed by atoms with Gasteiger partial charge < -0.3 is 4.74 Å². The fourth-order valence-electron chi connectivity index (χ4n) is 3.10. The van der Waals surface area contributed by atoms with E-state index in [9.17, 15) is 8.42 Å². The van der Waals surface area contributed by atoms with Crippen molar-refractivity contribution >= 4 is 21.6 Å². The molecule has 0 atom stereocenters. The summed E-state index contributed by atoms with van der Waals surface area (Å²) in [4.78, 5) is 2.49. The smallest absolute Gasteiger partial charge is 0.246 e. The Morgan fingerprint density at radius 2 is 1.69 bits per heavy atom. The Morgan fingerprint density at radius 3 is 2.31 bits per heavy atom. The van der Waals surface area contributed by atoms with Crippen LogP contribution in [-0.2, 0) is 16.6 Å². The molecule has 0 spiro atoms. The van der Waals surface area contributed by atoms with Crippen LogP contribution >= 0.6 is 11.6 Å². The van der Waals surface area contributed by atoms with E-state index < -0.39 is 10.0 Å². The molecule has 2 aromatic carbocycles. The van der Waals surface area contributed by atoms with Gasteiger partial charge in [0.2, 0.25) is 10.0 Å². The number of piperazine rings is 1. The van der Waals surface area contributed by atoms with Crippen LogP contribution in [-0.4, -0.2) is 50.9 Å². The Balaban J connectivity index is 1.69. The van der Waals surface area contributed by atoms with Gasteiger partial charge >= 0.3 is 0 Å². The van der Waals surface area contributed by atoms with Gasteiger partial charge in [-0.1, -0.05) is 29.8 Å². The maximum atomic E-state index is 13.0. The van der Waals surface area contributed by atoms with Crippen LogP contribution in [0.2, 0.25) is 5.02 Å². The van der Waals surface area contributed by atoms with Gasteiger partial charge in [-0.25, -0.2) is 8.42 Å². The van der Waals surface area contributed by atoms with Gasteiger partial charge in [0, 0.05) is 37.7 Å². The van der Waals surface area contributed by atoms with Gasteiger partial charge in [-0.2, -0.15) is 4.31 Å². The maximum Gasteiger partial charge on any atom is 0.246 e. The van der Waals surface area contributed by atoms with Crippen LogP contribution < -0.4 is 4.74 Å². The van der Waals surface area contributed by atoms with Crippen LogP contribution in [0, 0.1) is 6.92 Å². The topological polar surface area (TPSA) is 49.9 Å². The number of hydrogen-bond acceptors (Lipinski definition) is 4. The van der Waals surface area contributed by atoms with Crippen molar-refractivity contribution in [1.82, 2.24) is 9.21 Å². The van der Waals surface area contributed by atoms with E-state index in [1.807, 2.05) is 37.3 Å². The van der Waals surface area contributed by atoms with E-state index in [0.717, 1.165) is 17.1 Å². The lowest BCUT2D eigenvalue weighted by molar-refractivity contribution is 0.181. The highest BCUT2D eigenvalue weighted by atomic mass is 35.5. The van der Waals surface area contributed by atoms with Crippen LogP contribution in [0.4, 0.5) is 0 Å². The standard InChI is InChI=1S/C19H23ClN2O3S/c1-15-3-8-18(25-2)19(13-15)26(23,24)22-11-9-21(10-12-22)14-16-4-6-17(20)7-5-16/h3-8,13H,9-12,14H2,1-2H3. The molecule has 1 saturated heterocycles. The van der Waals surface area contributed by atoms with Gasteiger partial charge in [0.1, 0.15) is 10.6 Å². The van der Waals surface area contributed by atoms with E-state index >= 15 is 0 Å². The molecule has 2 aromatic rings. The van der Waals surface area contributed by atoms with E-state index in [-0.39, 0.29) is 4.90 Å². The first-order chi connectivity index (χ1) is 12.4. The second-order valence-corrected chi connectivity index (χ2v) is 8.80. The highest BCUT2D eigenvalue weighted by Gasteiger charge is 2.30. The molecular weight excluding hydrogens is 372 g/mol. The van der Waals surface area contributed by atoms with E-state index in [4.69, 9.17) is 16.3 Å². The molecule has 26 heavy (non-hydrogen) atoms. The number of ether oxygens (including phenoxy) is 1. The minimum atomic E-state index is -3.56. The normalized spacial score (nSPS) is 16.6. The first-order valence-electron chi connectivity index (χ1n) is 8.52. The lowest BCUT2D eigenvalue weighted by Crippen LogP contribution is -2.48. The molecule has 3 rings (SSSR count). The lowest BCUT2D eigenvalue weighted by Gasteiger charge is -2.34. The summed E-state index contributed by atoms with van der Waals surface area (Å²) < 4.78 is 32.9. The molecular formula is C19H23ClN2O3S. The zero-order valence-corrected chi connectivity index (χ0v) is 16.6. The van der Waals surface area contributed by atoms with Crippen LogP contribution in [0.5, 0.6) is 5.75 Å². The highest BCUT2D eigenvalue weighted by Crippen LogP contribution is 2.28. The highest BCUT2D eigenvalue weighted by molar-refractivity contribution is 7.89. The third kappa shape index (κ3) is 4.20. The van der Waals surface area contributed by atoms with E-state index in [2.05, 4.69) is 4.90 Å². The number of aryl methyl sites for hydroxylation is 1. The van der Waals surface area contributed by atoms with Crippen molar-refractivity contribution in [2.45, 2.75) is 18.4 Å². The molecule has 1 aliphatic heterocycles. The third-order valence-electron chi connectivity index (χ3n) is 4.59. The first kappa shape index (κ1) is 19.2. The van der Waals surface area contributed by atoms with Gasteiger partial charge in [-0.15, -0.1) is 0 Å². The van der Waals surface area contributed by atoms with Gasteiger partial charge in [0.25, 0.3) is 0 Å². The predicted octanol–water partition coefficient (Wildman–Crippen LogP) is 3.16. The minimum Gasteiger partial charge on any atom is -0.495 e. The number of halogens is 1. The second kappa shape index (κ2) is 7.96. The summed E-state index contributed by atoms with van der Waals surface area (Å²) in [5.41, 5.74) is 2.07. The summed E-state index contributed by atoms with van der Waals surface area (Å²) in [6.45, 7) is 4.98. The summed E-state index contributed by atoms with van der Waals surface area (Å²) in [7, 11) is -2.07. The second-order valence-electron chi connectivity index (χ2n) is 6.46. The maximum absolute atomic E-state index is 13.0. The largest absolute Gasteiger partial charge is 0.495 e. The molecule has 140 valence electrons. The summed E-state index contributed by atoms with van der Waals surface area (Å²) in [6, 6.07) is 13.0. The molecule has 0 aliphatic carbocycles. The monoisotopic (exact) mass is 394 g/mol. The molecule has 1 heterocycles. The summed E-state index contributed by atoms with van der Waals surface area (Å²) >= 11 is 5.92. The van der Waals surface area contributed by atoms with Crippen molar-refractivity contribution in [3.05, 3.63) is 58.6 Å². The number of sulfonamides is 1. The Kier molecular flexibility index (Phi) is 5.87. The Labute approximate surface area is 160 Å². The van der Waals surface area contributed by atoms with Gasteiger partial charge in [-0.3, -0.25) is 4.90 Å². The van der Waals surface area contributed by atoms with Crippen molar-refractivity contribution in [2.75, 3.05) is 33.3 Å². The van der Waals surface area contributed by atoms with Crippen molar-refractivity contribution < 1.29 is 13.2 Å². The lowest BCUT2D eigenvalue weighted by atomic mass is 10.2. The third-order valence-corrected chi connectivity index (χ3v) is 6.76. The molecule has 5 nitrogen and oxygen atoms in total. The molecule has 0 radical (unpaired) electrons. The predicted molar refractivity (Wildman–Crippen MR) is 103 cm³/mol. The average Bonchev–Trinajstić information content (AvgIpc) is 2.64. The van der Waals surface area contributed by atoms with E-state index in [1.54, 1.807) is 16.4 Å². The molecule has 1 fully saturated rings. The molecule has 0 saturated carbocycles. The van der Waals surface area contributed by atoms with Crippen molar-refractivity contribution in [3.63, 3.8) is 0 Å². The Bertz CT molecular complexity index is 861. The summed E-state index contributed by atoms with van der Waals surface area (Å²) in [5, 5.41) is 0.719. The van der Waals surface area contributed by atoms with Gasteiger partial charge in [-0.05, 0) is 42.3 Å². The molecule has 0 N–H and O–H groups in total. The number of hydrogen-bond donors (Lipinski definition) is 0. The van der Waals surface area contributed by atoms with Crippen molar-refractivity contribution in [1.29, 1.82) is 0 Å². The van der Waals surface area contributed by atoms with Crippen LogP contribution in [0.25, 0.3) is 0 Å². The number of rotatable bonds is 5. The fourth-order valence-corrected chi connectivity index (χ4v) is 4.89. The van der Waals surface area contributed by atoms with Gasteiger partial charge in [0.15, 0.2) is 0 Å².